The summed E-state index contributed by atoms with van der Waals surface area (Å²) < 4.78 is 0. The van der Waals surface area contributed by atoms with Gasteiger partial charge in [-0.25, -0.2) is 0 Å². The van der Waals surface area contributed by atoms with Gasteiger partial charge >= 0.3 is 0 Å². The monoisotopic (exact) mass is 226 g/mol. The molecule has 2 unspecified atom stereocenters. The lowest BCUT2D eigenvalue weighted by atomic mass is 9.97. The third-order valence-electron chi connectivity index (χ3n) is 3.22. The van der Waals surface area contributed by atoms with Crippen molar-refractivity contribution in [2.24, 2.45) is 0 Å². The van der Waals surface area contributed by atoms with E-state index in [4.69, 9.17) is 0 Å². The van der Waals surface area contributed by atoms with Crippen LogP contribution < -0.4 is 5.32 Å². The van der Waals surface area contributed by atoms with Gasteiger partial charge in [-0.05, 0) is 25.5 Å². The Morgan fingerprint density at radius 1 is 1.53 bits per heavy atom. The van der Waals surface area contributed by atoms with Gasteiger partial charge in [-0.1, -0.05) is 6.58 Å². The van der Waals surface area contributed by atoms with E-state index in [0.29, 0.717) is 12.1 Å². The van der Waals surface area contributed by atoms with Crippen molar-refractivity contribution in [3.8, 4) is 0 Å². The number of amides is 1. The maximum atomic E-state index is 11.3. The first kappa shape index (κ1) is 11.0. The lowest BCUT2D eigenvalue weighted by molar-refractivity contribution is -0.117. The largest absolute Gasteiger partial charge is 0.348 e. The van der Waals surface area contributed by atoms with Crippen LogP contribution in [0, 0.1) is 0 Å². The molecule has 0 bridgehead atoms. The first-order chi connectivity index (χ1) is 7.31. The summed E-state index contributed by atoms with van der Waals surface area (Å²) in [6.07, 6.45) is 3.68. The van der Waals surface area contributed by atoms with Crippen molar-refractivity contribution >= 4 is 17.7 Å². The van der Waals surface area contributed by atoms with Crippen LogP contribution in [0.4, 0.5) is 0 Å². The third-order valence-corrected chi connectivity index (χ3v) is 4.27. The molecule has 2 rings (SSSR count). The van der Waals surface area contributed by atoms with Gasteiger partial charge in [0.05, 0.1) is 0 Å². The molecule has 2 fully saturated rings. The number of carbonyl (C=O) groups excluding carboxylic acids is 1. The second-order valence-corrected chi connectivity index (χ2v) is 5.29. The number of rotatable bonds is 2. The van der Waals surface area contributed by atoms with Gasteiger partial charge in [0.25, 0.3) is 0 Å². The van der Waals surface area contributed by atoms with Crippen molar-refractivity contribution in [1.29, 1.82) is 0 Å². The highest BCUT2D eigenvalue weighted by Gasteiger charge is 2.33. The molecule has 2 saturated heterocycles. The fourth-order valence-corrected chi connectivity index (χ4v) is 3.64. The molecule has 0 aromatic carbocycles. The van der Waals surface area contributed by atoms with E-state index in [2.05, 4.69) is 16.8 Å². The Kier molecular flexibility index (Phi) is 3.70. The average Bonchev–Trinajstić information content (AvgIpc) is 2.29. The Labute approximate surface area is 95.3 Å². The molecule has 2 aliphatic heterocycles. The quantitative estimate of drug-likeness (QED) is 0.709. The van der Waals surface area contributed by atoms with Crippen LogP contribution in [0.5, 0.6) is 0 Å². The van der Waals surface area contributed by atoms with Crippen molar-refractivity contribution in [2.75, 3.05) is 24.6 Å². The van der Waals surface area contributed by atoms with E-state index in [1.165, 1.54) is 31.3 Å². The highest BCUT2D eigenvalue weighted by Crippen LogP contribution is 2.25. The minimum atomic E-state index is -0.0302. The van der Waals surface area contributed by atoms with E-state index >= 15 is 0 Å². The molecular formula is C11H18N2OS. The van der Waals surface area contributed by atoms with Crippen molar-refractivity contribution in [2.45, 2.75) is 24.9 Å². The minimum absolute atomic E-state index is 0.0302. The molecule has 0 aliphatic carbocycles. The maximum absolute atomic E-state index is 11.3. The molecule has 1 N–H and O–H groups in total. The van der Waals surface area contributed by atoms with E-state index in [-0.39, 0.29) is 5.91 Å². The Bertz CT molecular complexity index is 255. The molecular weight excluding hydrogens is 208 g/mol. The summed E-state index contributed by atoms with van der Waals surface area (Å²) in [4.78, 5) is 13.8. The topological polar surface area (TPSA) is 32.3 Å². The van der Waals surface area contributed by atoms with Crippen molar-refractivity contribution < 1.29 is 4.79 Å². The summed E-state index contributed by atoms with van der Waals surface area (Å²) >= 11 is 2.00. The fourth-order valence-electron chi connectivity index (χ4n) is 2.42. The molecule has 0 spiro atoms. The first-order valence-corrected chi connectivity index (χ1v) is 6.71. The Morgan fingerprint density at radius 3 is 3.20 bits per heavy atom. The number of nitrogens with zero attached hydrogens (tertiary/aromatic N) is 1. The van der Waals surface area contributed by atoms with Crippen LogP contribution in [-0.4, -0.2) is 47.5 Å². The van der Waals surface area contributed by atoms with Gasteiger partial charge in [0, 0.05) is 30.1 Å². The molecule has 0 aromatic heterocycles. The predicted molar refractivity (Wildman–Crippen MR) is 64.0 cm³/mol. The molecule has 0 radical (unpaired) electrons. The summed E-state index contributed by atoms with van der Waals surface area (Å²) in [6, 6.07) is 0.874. The fraction of sp³-hybridized carbons (Fsp3) is 0.727. The number of carbonyl (C=O) groups is 1. The van der Waals surface area contributed by atoms with Gasteiger partial charge in [0.15, 0.2) is 0 Å². The van der Waals surface area contributed by atoms with Gasteiger partial charge < -0.3 is 5.32 Å². The number of fused-ring (bicyclic) bond motifs is 1. The van der Waals surface area contributed by atoms with Crippen LogP contribution in [0.1, 0.15) is 12.8 Å². The Hall–Kier alpha value is -0.480. The average molecular weight is 226 g/mol. The summed E-state index contributed by atoms with van der Waals surface area (Å²) in [5, 5.41) is 3.06. The summed E-state index contributed by atoms with van der Waals surface area (Å²) in [6.45, 7) is 5.88. The smallest absolute Gasteiger partial charge is 0.243 e. The van der Waals surface area contributed by atoms with E-state index in [0.717, 1.165) is 12.2 Å². The summed E-state index contributed by atoms with van der Waals surface area (Å²) in [5.74, 6) is 2.36. The zero-order valence-corrected chi connectivity index (χ0v) is 9.76. The minimum Gasteiger partial charge on any atom is -0.348 e. The molecule has 15 heavy (non-hydrogen) atoms. The second kappa shape index (κ2) is 5.03. The van der Waals surface area contributed by atoms with E-state index in [1.807, 2.05) is 11.8 Å². The van der Waals surface area contributed by atoms with Gasteiger partial charge in [0.1, 0.15) is 0 Å². The maximum Gasteiger partial charge on any atom is 0.243 e. The van der Waals surface area contributed by atoms with Crippen LogP contribution in [-0.2, 0) is 4.79 Å². The van der Waals surface area contributed by atoms with Crippen LogP contribution in [0.2, 0.25) is 0 Å². The van der Waals surface area contributed by atoms with E-state index in [9.17, 15) is 4.79 Å². The van der Waals surface area contributed by atoms with Crippen LogP contribution >= 0.6 is 11.8 Å². The van der Waals surface area contributed by atoms with Gasteiger partial charge in [0.2, 0.25) is 5.91 Å². The molecule has 84 valence electrons. The van der Waals surface area contributed by atoms with Crippen LogP contribution in [0.25, 0.3) is 0 Å². The Morgan fingerprint density at radius 2 is 2.40 bits per heavy atom. The zero-order valence-electron chi connectivity index (χ0n) is 8.95. The van der Waals surface area contributed by atoms with Gasteiger partial charge in [-0.15, -0.1) is 0 Å². The number of thioether (sulfide) groups is 1. The molecule has 1 amide bonds. The standard InChI is InChI=1S/C11H18N2OS/c1-2-11(14)12-9-4-3-5-13-6-7-15-8-10(9)13/h2,9-10H,1,3-8H2,(H,12,14). The number of hydrogen-bond donors (Lipinski definition) is 1. The number of piperidine rings is 1. The highest BCUT2D eigenvalue weighted by molar-refractivity contribution is 7.99. The Balaban J connectivity index is 1.97. The molecule has 3 nitrogen and oxygen atoms in total. The highest BCUT2D eigenvalue weighted by atomic mass is 32.2. The number of hydrogen-bond acceptors (Lipinski definition) is 3. The summed E-state index contributed by atoms with van der Waals surface area (Å²) in [5.41, 5.74) is 0. The van der Waals surface area contributed by atoms with E-state index in [1.54, 1.807) is 0 Å². The predicted octanol–water partition coefficient (Wildman–Crippen LogP) is 0.868. The van der Waals surface area contributed by atoms with Crippen molar-refractivity contribution in [1.82, 2.24) is 10.2 Å². The lowest BCUT2D eigenvalue weighted by Crippen LogP contribution is -2.58. The van der Waals surface area contributed by atoms with Crippen molar-refractivity contribution in [3.63, 3.8) is 0 Å². The molecule has 2 heterocycles. The molecule has 2 atom stereocenters. The van der Waals surface area contributed by atoms with Crippen LogP contribution in [0.15, 0.2) is 12.7 Å². The molecule has 0 aromatic rings. The number of nitrogens with one attached hydrogen (secondary N) is 1. The van der Waals surface area contributed by atoms with Gasteiger partial charge in [-0.2, -0.15) is 11.8 Å². The molecule has 4 heteroatoms. The zero-order chi connectivity index (χ0) is 10.7. The summed E-state index contributed by atoms with van der Waals surface area (Å²) in [7, 11) is 0. The third kappa shape index (κ3) is 2.55. The molecule has 2 aliphatic rings. The lowest BCUT2D eigenvalue weighted by Gasteiger charge is -2.44. The second-order valence-electron chi connectivity index (χ2n) is 4.14. The van der Waals surface area contributed by atoms with E-state index < -0.39 is 0 Å². The first-order valence-electron chi connectivity index (χ1n) is 5.56. The molecule has 0 saturated carbocycles. The van der Waals surface area contributed by atoms with Crippen molar-refractivity contribution in [3.05, 3.63) is 12.7 Å². The normalized spacial score (nSPS) is 31.7. The SMILES string of the molecule is C=CC(=O)NC1CCCN2CCSCC12. The van der Waals surface area contributed by atoms with Crippen LogP contribution in [0.3, 0.4) is 0 Å². The van der Waals surface area contributed by atoms with Gasteiger partial charge in [-0.3, -0.25) is 9.69 Å².